The fourth-order valence-corrected chi connectivity index (χ4v) is 2.55. The number of rotatable bonds is 6. The Balaban J connectivity index is 2.83. The monoisotopic (exact) mass is 301 g/mol. The van der Waals surface area contributed by atoms with E-state index >= 15 is 0 Å². The Bertz CT molecular complexity index is 584. The molecule has 1 aromatic rings. The summed E-state index contributed by atoms with van der Waals surface area (Å²) in [4.78, 5) is 11.3. The van der Waals surface area contributed by atoms with Crippen LogP contribution >= 0.6 is 0 Å². The second-order valence-electron chi connectivity index (χ2n) is 4.85. The molecule has 1 rings (SSSR count). The highest BCUT2D eigenvalue weighted by atomic mass is 32.2. The highest BCUT2D eigenvalue weighted by Gasteiger charge is 2.16. The Morgan fingerprint density at radius 3 is 2.55 bits per heavy atom. The molecule has 1 aromatic carbocycles. The van der Waals surface area contributed by atoms with Crippen molar-refractivity contribution in [2.45, 2.75) is 44.0 Å². The molecular formula is C14H20FNO3S. The summed E-state index contributed by atoms with van der Waals surface area (Å²) >= 11 is 0. The lowest BCUT2D eigenvalue weighted by atomic mass is 10.1. The summed E-state index contributed by atoms with van der Waals surface area (Å²) in [7, 11) is -3.57. The number of amides is 1. The molecule has 1 atom stereocenters. The van der Waals surface area contributed by atoms with Crippen molar-refractivity contribution in [3.05, 3.63) is 29.6 Å². The molecule has 0 saturated carbocycles. The van der Waals surface area contributed by atoms with Crippen LogP contribution in [0.4, 0.5) is 4.39 Å². The fraction of sp³-hybridized carbons (Fsp3) is 0.500. The first-order chi connectivity index (χ1) is 9.25. The number of carbonyl (C=O) groups excluding carboxylic acids is 1. The Morgan fingerprint density at radius 1 is 1.40 bits per heavy atom. The molecule has 6 heteroatoms. The van der Waals surface area contributed by atoms with Crippen LogP contribution in [-0.4, -0.2) is 20.6 Å². The molecule has 1 amide bonds. The summed E-state index contributed by atoms with van der Waals surface area (Å²) in [6.07, 6.45) is 3.13. The zero-order valence-electron chi connectivity index (χ0n) is 11.9. The molecule has 0 aliphatic heterocycles. The van der Waals surface area contributed by atoms with Crippen LogP contribution in [0.3, 0.4) is 0 Å². The Morgan fingerprint density at radius 2 is 2.05 bits per heavy atom. The van der Waals surface area contributed by atoms with Crippen molar-refractivity contribution in [2.75, 3.05) is 6.26 Å². The van der Waals surface area contributed by atoms with Gasteiger partial charge in [0.05, 0.1) is 6.04 Å². The molecule has 0 fully saturated rings. The minimum atomic E-state index is -3.57. The van der Waals surface area contributed by atoms with E-state index < -0.39 is 15.7 Å². The number of hydrogen-bond acceptors (Lipinski definition) is 3. The van der Waals surface area contributed by atoms with Gasteiger partial charge in [0.1, 0.15) is 10.7 Å². The van der Waals surface area contributed by atoms with E-state index in [4.69, 9.17) is 0 Å². The van der Waals surface area contributed by atoms with E-state index in [-0.39, 0.29) is 16.8 Å². The van der Waals surface area contributed by atoms with Gasteiger partial charge in [-0.3, -0.25) is 4.79 Å². The molecule has 4 nitrogen and oxygen atoms in total. The first-order valence-electron chi connectivity index (χ1n) is 6.54. The summed E-state index contributed by atoms with van der Waals surface area (Å²) in [6.45, 7) is 3.73. The topological polar surface area (TPSA) is 63.2 Å². The minimum Gasteiger partial charge on any atom is -0.350 e. The van der Waals surface area contributed by atoms with Crippen molar-refractivity contribution in [2.24, 2.45) is 0 Å². The van der Waals surface area contributed by atoms with Gasteiger partial charge in [0.25, 0.3) is 0 Å². The maximum atomic E-state index is 13.8. The van der Waals surface area contributed by atoms with Gasteiger partial charge in [0.2, 0.25) is 5.91 Å². The zero-order chi connectivity index (χ0) is 15.3. The van der Waals surface area contributed by atoms with Gasteiger partial charge < -0.3 is 5.32 Å². The molecular weight excluding hydrogens is 281 g/mol. The van der Waals surface area contributed by atoms with Crippen LogP contribution in [0.5, 0.6) is 0 Å². The standard InChI is InChI=1S/C14H20FNO3S/c1-4-5-6-14(17)16-10(2)11-7-8-13(12(15)9-11)20(3,18)19/h7-10H,4-6H2,1-3H3,(H,16,17)/t10-/m1/s1. The largest absolute Gasteiger partial charge is 0.350 e. The molecule has 112 valence electrons. The summed E-state index contributed by atoms with van der Waals surface area (Å²) < 4.78 is 36.4. The van der Waals surface area contributed by atoms with Crippen LogP contribution in [0.25, 0.3) is 0 Å². The van der Waals surface area contributed by atoms with Crippen molar-refractivity contribution in [3.8, 4) is 0 Å². The van der Waals surface area contributed by atoms with Gasteiger partial charge in [-0.25, -0.2) is 12.8 Å². The molecule has 0 unspecified atom stereocenters. The summed E-state index contributed by atoms with van der Waals surface area (Å²) in [6, 6.07) is 3.54. The highest BCUT2D eigenvalue weighted by Crippen LogP contribution is 2.20. The van der Waals surface area contributed by atoms with E-state index in [9.17, 15) is 17.6 Å². The third kappa shape index (κ3) is 4.59. The lowest BCUT2D eigenvalue weighted by Crippen LogP contribution is -2.26. The van der Waals surface area contributed by atoms with Crippen LogP contribution in [0.15, 0.2) is 23.1 Å². The molecule has 0 aliphatic rings. The van der Waals surface area contributed by atoms with Crippen LogP contribution < -0.4 is 5.32 Å². The Kier molecular flexibility index (Phi) is 5.68. The molecule has 0 aromatic heterocycles. The number of halogens is 1. The zero-order valence-corrected chi connectivity index (χ0v) is 12.8. The fourth-order valence-electron chi connectivity index (χ4n) is 1.82. The molecule has 0 heterocycles. The van der Waals surface area contributed by atoms with E-state index in [1.165, 1.54) is 12.1 Å². The van der Waals surface area contributed by atoms with Gasteiger partial charge in [-0.15, -0.1) is 0 Å². The second kappa shape index (κ2) is 6.83. The third-order valence-corrected chi connectivity index (χ3v) is 4.12. The normalized spacial score (nSPS) is 13.0. The van der Waals surface area contributed by atoms with Crippen molar-refractivity contribution < 1.29 is 17.6 Å². The quantitative estimate of drug-likeness (QED) is 0.878. The van der Waals surface area contributed by atoms with Gasteiger partial charge in [-0.2, -0.15) is 0 Å². The summed E-state index contributed by atoms with van der Waals surface area (Å²) in [5.41, 5.74) is 0.541. The molecule has 20 heavy (non-hydrogen) atoms. The second-order valence-corrected chi connectivity index (χ2v) is 6.84. The lowest BCUT2D eigenvalue weighted by molar-refractivity contribution is -0.121. The Labute approximate surface area is 119 Å². The SMILES string of the molecule is CCCCC(=O)N[C@H](C)c1ccc(S(C)(=O)=O)c(F)c1. The number of unbranched alkanes of at least 4 members (excludes halogenated alkanes) is 1. The van der Waals surface area contributed by atoms with Gasteiger partial charge in [0.15, 0.2) is 9.84 Å². The maximum Gasteiger partial charge on any atom is 0.220 e. The van der Waals surface area contributed by atoms with E-state index in [1.54, 1.807) is 6.92 Å². The average molecular weight is 301 g/mol. The van der Waals surface area contributed by atoms with Crippen LogP contribution in [0.2, 0.25) is 0 Å². The number of nitrogens with one attached hydrogen (secondary N) is 1. The van der Waals surface area contributed by atoms with Crippen molar-refractivity contribution in [1.82, 2.24) is 5.32 Å². The third-order valence-electron chi connectivity index (χ3n) is 2.99. The predicted molar refractivity (Wildman–Crippen MR) is 75.6 cm³/mol. The summed E-state index contributed by atoms with van der Waals surface area (Å²) in [5, 5.41) is 2.76. The molecule has 1 N–H and O–H groups in total. The average Bonchev–Trinajstić information content (AvgIpc) is 2.34. The lowest BCUT2D eigenvalue weighted by Gasteiger charge is -2.15. The minimum absolute atomic E-state index is 0.0908. The van der Waals surface area contributed by atoms with Gasteiger partial charge >= 0.3 is 0 Å². The van der Waals surface area contributed by atoms with Crippen LogP contribution in [0.1, 0.15) is 44.7 Å². The molecule has 0 radical (unpaired) electrons. The smallest absolute Gasteiger partial charge is 0.220 e. The maximum absolute atomic E-state index is 13.8. The van der Waals surface area contributed by atoms with Gasteiger partial charge in [0, 0.05) is 12.7 Å². The van der Waals surface area contributed by atoms with E-state index in [1.807, 2.05) is 6.92 Å². The van der Waals surface area contributed by atoms with Gasteiger partial charge in [-0.05, 0) is 31.0 Å². The van der Waals surface area contributed by atoms with Crippen LogP contribution in [0, 0.1) is 5.82 Å². The van der Waals surface area contributed by atoms with Crippen LogP contribution in [-0.2, 0) is 14.6 Å². The first kappa shape index (κ1) is 16.6. The highest BCUT2D eigenvalue weighted by molar-refractivity contribution is 7.90. The van der Waals surface area contributed by atoms with Crippen molar-refractivity contribution in [1.29, 1.82) is 0 Å². The van der Waals surface area contributed by atoms with E-state index in [2.05, 4.69) is 5.32 Å². The predicted octanol–water partition coefficient (Wildman–Crippen LogP) is 2.60. The number of benzene rings is 1. The molecule has 0 bridgehead atoms. The van der Waals surface area contributed by atoms with Crippen molar-refractivity contribution >= 4 is 15.7 Å². The van der Waals surface area contributed by atoms with Crippen molar-refractivity contribution in [3.63, 3.8) is 0 Å². The number of hydrogen-bond donors (Lipinski definition) is 1. The number of sulfone groups is 1. The van der Waals surface area contributed by atoms with E-state index in [0.717, 1.165) is 25.2 Å². The molecule has 0 spiro atoms. The molecule has 0 aliphatic carbocycles. The number of carbonyl (C=O) groups is 1. The first-order valence-corrected chi connectivity index (χ1v) is 8.43. The molecule has 0 saturated heterocycles. The summed E-state index contributed by atoms with van der Waals surface area (Å²) in [5.74, 6) is -0.883. The van der Waals surface area contributed by atoms with E-state index in [0.29, 0.717) is 12.0 Å². The van der Waals surface area contributed by atoms with Gasteiger partial charge in [-0.1, -0.05) is 19.4 Å². The Hall–Kier alpha value is -1.43.